The molecule has 2 unspecified atom stereocenters. The quantitative estimate of drug-likeness (QED) is 0.343. The van der Waals surface area contributed by atoms with Gasteiger partial charge in [0.25, 0.3) is 0 Å². The maximum absolute atomic E-state index is 5.64. The van der Waals surface area contributed by atoms with Crippen LogP contribution in [0.15, 0.2) is 29.3 Å². The Balaban J connectivity index is 0.00000280. The molecular formula is C21H35IN4OS. The highest BCUT2D eigenvalue weighted by molar-refractivity contribution is 14.0. The minimum Gasteiger partial charge on any atom is -0.376 e. The summed E-state index contributed by atoms with van der Waals surface area (Å²) in [6.07, 6.45) is 2.94. The Labute approximate surface area is 191 Å². The van der Waals surface area contributed by atoms with E-state index in [-0.39, 0.29) is 24.0 Å². The van der Waals surface area contributed by atoms with Crippen molar-refractivity contribution in [3.8, 4) is 0 Å². The van der Waals surface area contributed by atoms with Gasteiger partial charge in [0, 0.05) is 44.5 Å². The van der Waals surface area contributed by atoms with E-state index in [1.807, 2.05) is 7.05 Å². The lowest BCUT2D eigenvalue weighted by Crippen LogP contribution is -2.43. The number of thioether (sulfide) groups is 1. The van der Waals surface area contributed by atoms with Crippen molar-refractivity contribution in [1.29, 1.82) is 0 Å². The summed E-state index contributed by atoms with van der Waals surface area (Å²) in [5, 5.41) is 6.96. The standard InChI is InChI=1S/C21H34N4OS.HI/c1-17-14-25(9-10-26-17)15-19-7-4-6-18(12-19)13-23-20(22-3)24-16-21(2)8-5-11-27-21;/h4,6-7,12,17H,5,8-11,13-16H2,1-3H3,(H2,22,23,24);1H. The number of halogens is 1. The molecule has 0 spiro atoms. The minimum atomic E-state index is 0. The summed E-state index contributed by atoms with van der Waals surface area (Å²) in [5.41, 5.74) is 2.65. The van der Waals surface area contributed by atoms with Crippen molar-refractivity contribution in [2.24, 2.45) is 4.99 Å². The van der Waals surface area contributed by atoms with Crippen LogP contribution in [0.25, 0.3) is 0 Å². The highest BCUT2D eigenvalue weighted by Crippen LogP contribution is 2.36. The van der Waals surface area contributed by atoms with Gasteiger partial charge in [-0.15, -0.1) is 24.0 Å². The number of benzene rings is 1. The van der Waals surface area contributed by atoms with Crippen molar-refractivity contribution >= 4 is 41.7 Å². The van der Waals surface area contributed by atoms with Gasteiger partial charge < -0.3 is 15.4 Å². The van der Waals surface area contributed by atoms with Crippen LogP contribution in [0.3, 0.4) is 0 Å². The number of ether oxygens (including phenoxy) is 1. The Morgan fingerprint density at radius 3 is 2.89 bits per heavy atom. The summed E-state index contributed by atoms with van der Waals surface area (Å²) in [7, 11) is 1.84. The molecular weight excluding hydrogens is 483 g/mol. The zero-order chi connectivity index (χ0) is 19.1. The molecule has 2 aliphatic rings. The van der Waals surface area contributed by atoms with Crippen molar-refractivity contribution in [2.75, 3.05) is 39.0 Å². The van der Waals surface area contributed by atoms with Gasteiger partial charge in [-0.2, -0.15) is 11.8 Å². The highest BCUT2D eigenvalue weighted by Gasteiger charge is 2.29. The predicted molar refractivity (Wildman–Crippen MR) is 131 cm³/mol. The molecule has 3 rings (SSSR count). The summed E-state index contributed by atoms with van der Waals surface area (Å²) in [6, 6.07) is 8.85. The van der Waals surface area contributed by atoms with Crippen LogP contribution in [0, 0.1) is 0 Å². The normalized spacial score (nSPS) is 26.0. The van der Waals surface area contributed by atoms with Crippen molar-refractivity contribution in [3.05, 3.63) is 35.4 Å². The number of nitrogens with one attached hydrogen (secondary N) is 2. The third-order valence-corrected chi connectivity index (χ3v) is 6.87. The van der Waals surface area contributed by atoms with Gasteiger partial charge in [-0.05, 0) is 43.6 Å². The topological polar surface area (TPSA) is 48.9 Å². The monoisotopic (exact) mass is 518 g/mol. The van der Waals surface area contributed by atoms with E-state index in [1.54, 1.807) is 0 Å². The molecule has 2 N–H and O–H groups in total. The average Bonchev–Trinajstić information content (AvgIpc) is 3.09. The second-order valence-electron chi connectivity index (χ2n) is 7.92. The molecule has 0 radical (unpaired) electrons. The summed E-state index contributed by atoms with van der Waals surface area (Å²) < 4.78 is 5.98. The van der Waals surface area contributed by atoms with Gasteiger partial charge in [0.2, 0.25) is 0 Å². The Morgan fingerprint density at radius 2 is 2.18 bits per heavy atom. The van der Waals surface area contributed by atoms with Crippen LogP contribution in [0.4, 0.5) is 0 Å². The van der Waals surface area contributed by atoms with Gasteiger partial charge in [-0.3, -0.25) is 9.89 Å². The van der Waals surface area contributed by atoms with Gasteiger partial charge in [-0.1, -0.05) is 24.3 Å². The van der Waals surface area contributed by atoms with E-state index < -0.39 is 0 Å². The molecule has 0 aliphatic carbocycles. The van der Waals surface area contributed by atoms with E-state index >= 15 is 0 Å². The Bertz CT molecular complexity index is 637. The number of hydrogen-bond donors (Lipinski definition) is 2. The molecule has 7 heteroatoms. The SMILES string of the molecule is CN=C(NCc1cccc(CN2CCOC(C)C2)c1)NCC1(C)CCCS1.I. The number of nitrogens with zero attached hydrogens (tertiary/aromatic N) is 2. The number of aliphatic imine (C=N–C) groups is 1. The largest absolute Gasteiger partial charge is 0.376 e. The fourth-order valence-corrected chi connectivity index (χ4v) is 5.03. The maximum atomic E-state index is 5.64. The lowest BCUT2D eigenvalue weighted by molar-refractivity contribution is -0.0212. The summed E-state index contributed by atoms with van der Waals surface area (Å²) >= 11 is 2.07. The third kappa shape index (κ3) is 7.39. The Hall–Kier alpha value is -0.510. The van der Waals surface area contributed by atoms with E-state index in [2.05, 4.69) is 70.4 Å². The van der Waals surface area contributed by atoms with Gasteiger partial charge in [0.1, 0.15) is 0 Å². The first-order valence-corrected chi connectivity index (χ1v) is 11.1. The van der Waals surface area contributed by atoms with Crippen LogP contribution in [-0.4, -0.2) is 60.8 Å². The number of rotatable bonds is 6. The molecule has 2 aliphatic heterocycles. The van der Waals surface area contributed by atoms with E-state index in [4.69, 9.17) is 4.74 Å². The molecule has 2 fully saturated rings. The van der Waals surface area contributed by atoms with E-state index in [9.17, 15) is 0 Å². The van der Waals surface area contributed by atoms with Gasteiger partial charge >= 0.3 is 0 Å². The first-order chi connectivity index (χ1) is 13.1. The fourth-order valence-electron chi connectivity index (χ4n) is 3.78. The zero-order valence-corrected chi connectivity index (χ0v) is 20.5. The van der Waals surface area contributed by atoms with Crippen molar-refractivity contribution in [3.63, 3.8) is 0 Å². The number of morpholine rings is 1. The summed E-state index contributed by atoms with van der Waals surface area (Å²) in [5.74, 6) is 2.16. The van der Waals surface area contributed by atoms with E-state index in [1.165, 1.54) is 29.7 Å². The zero-order valence-electron chi connectivity index (χ0n) is 17.4. The second-order valence-corrected chi connectivity index (χ2v) is 9.60. The van der Waals surface area contributed by atoms with Crippen molar-refractivity contribution in [1.82, 2.24) is 15.5 Å². The average molecular weight is 519 g/mol. The molecule has 158 valence electrons. The van der Waals surface area contributed by atoms with Crippen LogP contribution in [0.1, 0.15) is 37.8 Å². The number of guanidine groups is 1. The van der Waals surface area contributed by atoms with E-state index in [0.717, 1.165) is 45.3 Å². The summed E-state index contributed by atoms with van der Waals surface area (Å²) in [6.45, 7) is 10.1. The van der Waals surface area contributed by atoms with Gasteiger partial charge in [0.15, 0.2) is 5.96 Å². The third-order valence-electron chi connectivity index (χ3n) is 5.34. The molecule has 0 amide bonds. The second kappa shape index (κ2) is 11.6. The molecule has 2 heterocycles. The van der Waals surface area contributed by atoms with Crippen LogP contribution >= 0.6 is 35.7 Å². The van der Waals surface area contributed by atoms with E-state index in [0.29, 0.717) is 10.9 Å². The maximum Gasteiger partial charge on any atom is 0.191 e. The Kier molecular flexibility index (Phi) is 9.86. The van der Waals surface area contributed by atoms with Crippen LogP contribution < -0.4 is 10.6 Å². The molecule has 0 aromatic heterocycles. The summed E-state index contributed by atoms with van der Waals surface area (Å²) in [4.78, 5) is 6.86. The molecule has 0 saturated carbocycles. The lowest BCUT2D eigenvalue weighted by Gasteiger charge is -2.31. The molecule has 2 atom stereocenters. The fraction of sp³-hybridized carbons (Fsp3) is 0.667. The Morgan fingerprint density at radius 1 is 1.36 bits per heavy atom. The van der Waals surface area contributed by atoms with Crippen LogP contribution in [0.5, 0.6) is 0 Å². The minimum absolute atomic E-state index is 0. The van der Waals surface area contributed by atoms with Crippen molar-refractivity contribution < 1.29 is 4.74 Å². The first-order valence-electron chi connectivity index (χ1n) is 10.1. The van der Waals surface area contributed by atoms with Gasteiger partial charge in [-0.25, -0.2) is 0 Å². The van der Waals surface area contributed by atoms with Crippen LogP contribution in [-0.2, 0) is 17.8 Å². The lowest BCUT2D eigenvalue weighted by atomic mass is 10.1. The van der Waals surface area contributed by atoms with Crippen LogP contribution in [0.2, 0.25) is 0 Å². The van der Waals surface area contributed by atoms with Crippen molar-refractivity contribution in [2.45, 2.75) is 50.6 Å². The van der Waals surface area contributed by atoms with Gasteiger partial charge in [0.05, 0.1) is 12.7 Å². The molecule has 1 aromatic rings. The first kappa shape index (κ1) is 23.8. The number of hydrogen-bond acceptors (Lipinski definition) is 4. The molecule has 28 heavy (non-hydrogen) atoms. The highest BCUT2D eigenvalue weighted by atomic mass is 127. The smallest absolute Gasteiger partial charge is 0.191 e. The molecule has 1 aromatic carbocycles. The predicted octanol–water partition coefficient (Wildman–Crippen LogP) is 3.48. The molecule has 5 nitrogen and oxygen atoms in total. The molecule has 0 bridgehead atoms. The molecule has 2 saturated heterocycles.